The molecule has 1 aromatic carbocycles. The Morgan fingerprint density at radius 3 is 2.69 bits per heavy atom. The Morgan fingerprint density at radius 1 is 1.19 bits per heavy atom. The summed E-state index contributed by atoms with van der Waals surface area (Å²) in [6, 6.07) is 7.62. The van der Waals surface area contributed by atoms with Gasteiger partial charge in [-0.25, -0.2) is 13.8 Å². The van der Waals surface area contributed by atoms with Crippen molar-refractivity contribution in [3.8, 4) is 27.9 Å². The highest BCUT2D eigenvalue weighted by Crippen LogP contribution is 2.39. The zero-order valence-corrected chi connectivity index (χ0v) is 20.4. The van der Waals surface area contributed by atoms with Gasteiger partial charge in [-0.15, -0.1) is 11.3 Å². The standard InChI is InChI=1S/C24H15ClFN5O4S/c1-29-5-3-12-10-28-11-17(20(12)22(29)32)31-23(33)21-16(30(6-4-27)24(31)34)9-19(36-21)13-7-18(35-2)15(26)8-14(13)25/h3,5,7-11H,6H2,1-2H3. The quantitative estimate of drug-likeness (QED) is 0.356. The van der Waals surface area contributed by atoms with Crippen molar-refractivity contribution in [3.63, 3.8) is 0 Å². The molecule has 0 aliphatic carbocycles. The summed E-state index contributed by atoms with van der Waals surface area (Å²) in [5.74, 6) is -0.697. The number of nitriles is 1. The Morgan fingerprint density at radius 2 is 1.97 bits per heavy atom. The second-order valence-electron chi connectivity index (χ2n) is 7.81. The summed E-state index contributed by atoms with van der Waals surface area (Å²) in [6.07, 6.45) is 4.29. The first-order chi connectivity index (χ1) is 17.3. The van der Waals surface area contributed by atoms with E-state index in [-0.39, 0.29) is 38.6 Å². The first-order valence-electron chi connectivity index (χ1n) is 10.4. The molecule has 0 atom stereocenters. The summed E-state index contributed by atoms with van der Waals surface area (Å²) in [6.45, 7) is -0.359. The minimum Gasteiger partial charge on any atom is -0.494 e. The average molecular weight is 524 g/mol. The van der Waals surface area contributed by atoms with Crippen LogP contribution in [-0.2, 0) is 13.6 Å². The van der Waals surface area contributed by atoms with Gasteiger partial charge in [0, 0.05) is 35.3 Å². The molecule has 0 fully saturated rings. The van der Waals surface area contributed by atoms with E-state index in [0.29, 0.717) is 15.8 Å². The molecule has 180 valence electrons. The number of rotatable bonds is 4. The van der Waals surface area contributed by atoms with Crippen molar-refractivity contribution < 1.29 is 9.13 Å². The molecule has 0 bridgehead atoms. The largest absolute Gasteiger partial charge is 0.494 e. The van der Waals surface area contributed by atoms with E-state index in [1.165, 1.54) is 30.1 Å². The number of hydrogen-bond donors (Lipinski definition) is 0. The number of ether oxygens (including phenoxy) is 1. The second kappa shape index (κ2) is 8.75. The van der Waals surface area contributed by atoms with E-state index in [0.717, 1.165) is 26.5 Å². The van der Waals surface area contributed by atoms with Gasteiger partial charge >= 0.3 is 5.69 Å². The molecule has 5 aromatic rings. The molecule has 4 aromatic heterocycles. The normalized spacial score (nSPS) is 11.2. The lowest BCUT2D eigenvalue weighted by Gasteiger charge is -2.11. The van der Waals surface area contributed by atoms with E-state index >= 15 is 0 Å². The SMILES string of the molecule is COc1cc(-c2cc3c(s2)c(=O)n(-c2cncc4ccn(C)c(=O)c24)c(=O)n3CC#N)c(Cl)cc1F. The number of hydrogen-bond acceptors (Lipinski definition) is 7. The van der Waals surface area contributed by atoms with E-state index < -0.39 is 22.6 Å². The summed E-state index contributed by atoms with van der Waals surface area (Å²) >= 11 is 7.30. The van der Waals surface area contributed by atoms with Crippen LogP contribution in [0.2, 0.25) is 5.02 Å². The number of pyridine rings is 2. The van der Waals surface area contributed by atoms with E-state index in [2.05, 4.69) is 4.98 Å². The maximum absolute atomic E-state index is 14.1. The fourth-order valence-electron chi connectivity index (χ4n) is 4.02. The Balaban J connectivity index is 1.89. The van der Waals surface area contributed by atoms with Gasteiger partial charge in [0.15, 0.2) is 11.6 Å². The summed E-state index contributed by atoms with van der Waals surface area (Å²) in [5, 5.41) is 10.1. The highest BCUT2D eigenvalue weighted by molar-refractivity contribution is 7.22. The molecular weight excluding hydrogens is 509 g/mol. The van der Waals surface area contributed by atoms with Crippen molar-refractivity contribution in [2.45, 2.75) is 6.54 Å². The van der Waals surface area contributed by atoms with Crippen molar-refractivity contribution in [1.29, 1.82) is 5.26 Å². The van der Waals surface area contributed by atoms with Gasteiger partial charge in [-0.05, 0) is 24.3 Å². The third kappa shape index (κ3) is 3.50. The smallest absolute Gasteiger partial charge is 0.337 e. The van der Waals surface area contributed by atoms with Crippen molar-refractivity contribution in [3.05, 3.63) is 84.9 Å². The number of nitrogens with zero attached hydrogens (tertiary/aromatic N) is 5. The summed E-state index contributed by atoms with van der Waals surface area (Å²) in [5.41, 5.74) is -1.30. The van der Waals surface area contributed by atoms with Crippen LogP contribution < -0.4 is 21.5 Å². The van der Waals surface area contributed by atoms with Gasteiger partial charge in [-0.3, -0.25) is 19.1 Å². The first-order valence-corrected chi connectivity index (χ1v) is 11.6. The lowest BCUT2D eigenvalue weighted by atomic mass is 10.1. The van der Waals surface area contributed by atoms with Crippen molar-refractivity contribution in [2.24, 2.45) is 7.05 Å². The molecule has 0 radical (unpaired) electrons. The van der Waals surface area contributed by atoms with Crippen molar-refractivity contribution >= 4 is 43.9 Å². The zero-order chi connectivity index (χ0) is 25.7. The molecule has 5 rings (SSSR count). The summed E-state index contributed by atoms with van der Waals surface area (Å²) < 4.78 is 22.6. The van der Waals surface area contributed by atoms with Crippen molar-refractivity contribution in [1.82, 2.24) is 18.7 Å². The molecule has 0 aliphatic heterocycles. The average Bonchev–Trinajstić information content (AvgIpc) is 3.30. The second-order valence-corrected chi connectivity index (χ2v) is 9.27. The number of benzene rings is 1. The van der Waals surface area contributed by atoms with E-state index in [4.69, 9.17) is 16.3 Å². The third-order valence-corrected chi connectivity index (χ3v) is 7.22. The van der Waals surface area contributed by atoms with E-state index in [1.54, 1.807) is 25.4 Å². The predicted molar refractivity (Wildman–Crippen MR) is 135 cm³/mol. The number of aromatic nitrogens is 4. The van der Waals surface area contributed by atoms with Gasteiger partial charge in [0.05, 0.1) is 41.0 Å². The van der Waals surface area contributed by atoms with Gasteiger partial charge < -0.3 is 9.30 Å². The predicted octanol–water partition coefficient (Wildman–Crippen LogP) is 3.45. The molecule has 0 saturated heterocycles. The van der Waals surface area contributed by atoms with Crippen LogP contribution in [-0.4, -0.2) is 25.8 Å². The van der Waals surface area contributed by atoms with Gasteiger partial charge in [-0.2, -0.15) is 5.26 Å². The van der Waals surface area contributed by atoms with Crippen LogP contribution in [0.3, 0.4) is 0 Å². The Labute approximate surface area is 210 Å². The fraction of sp³-hybridized carbons (Fsp3) is 0.125. The molecule has 0 saturated carbocycles. The molecule has 0 aliphatic rings. The Bertz CT molecular complexity index is 1930. The fourth-order valence-corrected chi connectivity index (χ4v) is 5.45. The van der Waals surface area contributed by atoms with Gasteiger partial charge in [-0.1, -0.05) is 11.6 Å². The molecule has 4 heterocycles. The van der Waals surface area contributed by atoms with Gasteiger partial charge in [0.1, 0.15) is 11.2 Å². The molecule has 0 N–H and O–H groups in total. The summed E-state index contributed by atoms with van der Waals surface area (Å²) in [4.78, 5) is 44.7. The van der Waals surface area contributed by atoms with Gasteiger partial charge in [0.25, 0.3) is 11.1 Å². The lowest BCUT2D eigenvalue weighted by molar-refractivity contribution is 0.387. The van der Waals surface area contributed by atoms with Gasteiger partial charge in [0.2, 0.25) is 0 Å². The van der Waals surface area contributed by atoms with Crippen LogP contribution >= 0.6 is 22.9 Å². The van der Waals surface area contributed by atoms with Crippen LogP contribution in [0, 0.1) is 17.1 Å². The number of halogens is 2. The van der Waals surface area contributed by atoms with Crippen LogP contribution in [0.5, 0.6) is 5.75 Å². The van der Waals surface area contributed by atoms with Crippen LogP contribution in [0.1, 0.15) is 0 Å². The minimum absolute atomic E-state index is 0.00808. The van der Waals surface area contributed by atoms with E-state index in [9.17, 15) is 24.0 Å². The lowest BCUT2D eigenvalue weighted by Crippen LogP contribution is -2.39. The maximum Gasteiger partial charge on any atom is 0.337 e. The zero-order valence-electron chi connectivity index (χ0n) is 18.8. The molecule has 0 amide bonds. The van der Waals surface area contributed by atoms with E-state index in [1.807, 2.05) is 6.07 Å². The molecular formula is C24H15ClFN5O4S. The molecule has 9 nitrogen and oxygen atoms in total. The maximum atomic E-state index is 14.1. The number of methoxy groups -OCH3 is 1. The monoisotopic (exact) mass is 523 g/mol. The highest BCUT2D eigenvalue weighted by atomic mass is 35.5. The number of thiophene rings is 1. The molecule has 36 heavy (non-hydrogen) atoms. The molecule has 12 heteroatoms. The molecule has 0 spiro atoms. The van der Waals surface area contributed by atoms with Crippen LogP contribution in [0.15, 0.2) is 57.2 Å². The van der Waals surface area contributed by atoms with Crippen LogP contribution in [0.4, 0.5) is 4.39 Å². The summed E-state index contributed by atoms with van der Waals surface area (Å²) in [7, 11) is 2.87. The number of aryl methyl sites for hydroxylation is 1. The van der Waals surface area contributed by atoms with Crippen LogP contribution in [0.25, 0.3) is 37.1 Å². The third-order valence-electron chi connectivity index (χ3n) is 5.77. The topological polar surface area (TPSA) is 112 Å². The Kier molecular flexibility index (Phi) is 5.70. The Hall–Kier alpha value is -4.27. The van der Waals surface area contributed by atoms with Crippen molar-refractivity contribution in [2.75, 3.05) is 7.11 Å². The highest BCUT2D eigenvalue weighted by Gasteiger charge is 2.22. The minimum atomic E-state index is -0.804. The molecule has 0 unspecified atom stereocenters. The number of fused-ring (bicyclic) bond motifs is 2. The first kappa shape index (κ1) is 23.5.